The van der Waals surface area contributed by atoms with Gasteiger partial charge in [-0.2, -0.15) is 5.26 Å². The van der Waals surface area contributed by atoms with Gasteiger partial charge in [0.05, 0.1) is 13.4 Å². The molecule has 0 saturated carbocycles. The van der Waals surface area contributed by atoms with Crippen LogP contribution in [0.25, 0.3) is 6.08 Å². The lowest BCUT2D eigenvalue weighted by Gasteiger charge is -2.09. The van der Waals surface area contributed by atoms with Crippen molar-refractivity contribution in [3.8, 4) is 17.6 Å². The van der Waals surface area contributed by atoms with E-state index in [9.17, 15) is 23.3 Å². The fourth-order valence-corrected chi connectivity index (χ4v) is 3.80. The first kappa shape index (κ1) is 22.7. The smallest absolute Gasteiger partial charge is 0.379 e. The summed E-state index contributed by atoms with van der Waals surface area (Å²) < 4.78 is 38.1. The van der Waals surface area contributed by atoms with E-state index in [1.54, 1.807) is 12.1 Å². The van der Waals surface area contributed by atoms with Crippen LogP contribution >= 0.6 is 11.3 Å². The van der Waals surface area contributed by atoms with Gasteiger partial charge in [0.25, 0.3) is 5.91 Å². The zero-order chi connectivity index (χ0) is 23.3. The maximum atomic E-state index is 12.4. The van der Waals surface area contributed by atoms with E-state index in [4.69, 9.17) is 13.9 Å². The van der Waals surface area contributed by atoms with E-state index in [1.807, 2.05) is 0 Å². The van der Waals surface area contributed by atoms with Crippen molar-refractivity contribution in [2.45, 2.75) is 4.34 Å². The molecule has 0 aliphatic heterocycles. The number of furan rings is 1. The molecule has 0 fully saturated rings. The molecule has 0 radical (unpaired) electrons. The van der Waals surface area contributed by atoms with Gasteiger partial charge < -0.3 is 13.9 Å². The molecule has 2 heterocycles. The maximum Gasteiger partial charge on any atom is 0.379 e. The number of amides is 1. The Morgan fingerprint density at radius 1 is 1.25 bits per heavy atom. The fraction of sp³-hybridized carbons (Fsp3) is 0.105. The van der Waals surface area contributed by atoms with Crippen LogP contribution in [0.1, 0.15) is 16.1 Å². The van der Waals surface area contributed by atoms with Gasteiger partial charge >= 0.3 is 5.97 Å². The number of rotatable bonds is 7. The van der Waals surface area contributed by atoms with Gasteiger partial charge in [-0.1, -0.05) is 17.4 Å². The summed E-state index contributed by atoms with van der Waals surface area (Å²) in [6.45, 7) is 0. The predicted molar refractivity (Wildman–Crippen MR) is 112 cm³/mol. The molecule has 1 amide bonds. The molecule has 0 aliphatic carbocycles. The molecule has 11 nitrogen and oxygen atoms in total. The van der Waals surface area contributed by atoms with Crippen molar-refractivity contribution in [3.05, 3.63) is 53.5 Å². The fourth-order valence-electron chi connectivity index (χ4n) is 2.29. The Morgan fingerprint density at radius 2 is 2.03 bits per heavy atom. The standard InChI is InChI=1S/C19H14N4O7S2/c1-28-15-9-11(5-6-13(15)30-17(25)14-4-3-7-29-14)8-12(10-20)16(24)21-18-22-23-19(31-18)32(2,26)27/h3-9H,1-2H3,(H,21,22,24). The second kappa shape index (κ2) is 9.41. The maximum absolute atomic E-state index is 12.4. The number of methoxy groups -OCH3 is 1. The van der Waals surface area contributed by atoms with Crippen molar-refractivity contribution in [2.75, 3.05) is 18.7 Å². The highest BCUT2D eigenvalue weighted by Crippen LogP contribution is 2.30. The molecule has 0 spiro atoms. The normalized spacial score (nSPS) is 11.5. The van der Waals surface area contributed by atoms with Crippen LogP contribution in [-0.4, -0.2) is 43.9 Å². The number of benzene rings is 1. The Morgan fingerprint density at radius 3 is 2.62 bits per heavy atom. The average molecular weight is 474 g/mol. The highest BCUT2D eigenvalue weighted by molar-refractivity contribution is 7.92. The lowest BCUT2D eigenvalue weighted by Crippen LogP contribution is -2.13. The van der Waals surface area contributed by atoms with Gasteiger partial charge in [0.2, 0.25) is 25.1 Å². The number of ether oxygens (including phenoxy) is 2. The van der Waals surface area contributed by atoms with Crippen molar-refractivity contribution in [3.63, 3.8) is 0 Å². The minimum absolute atomic E-state index is 0.00942. The summed E-state index contributed by atoms with van der Waals surface area (Å²) in [4.78, 5) is 24.4. The number of esters is 1. The molecule has 0 saturated heterocycles. The summed E-state index contributed by atoms with van der Waals surface area (Å²) in [6, 6.07) is 9.14. The minimum atomic E-state index is -3.57. The molecule has 0 atom stereocenters. The van der Waals surface area contributed by atoms with Gasteiger partial charge in [0.1, 0.15) is 11.6 Å². The molecule has 3 rings (SSSR count). The number of nitriles is 1. The molecule has 0 bridgehead atoms. The Balaban J connectivity index is 1.79. The van der Waals surface area contributed by atoms with Crippen molar-refractivity contribution < 1.29 is 31.9 Å². The average Bonchev–Trinajstić information content (AvgIpc) is 3.44. The highest BCUT2D eigenvalue weighted by atomic mass is 32.2. The number of nitrogens with one attached hydrogen (secondary N) is 1. The van der Waals surface area contributed by atoms with Crippen molar-refractivity contribution in [2.24, 2.45) is 0 Å². The summed E-state index contributed by atoms with van der Waals surface area (Å²) in [7, 11) is -2.21. The number of carbonyl (C=O) groups excluding carboxylic acids is 2. The summed E-state index contributed by atoms with van der Waals surface area (Å²) in [5.74, 6) is -1.24. The Bertz CT molecular complexity index is 1340. The molecular formula is C19H14N4O7S2. The van der Waals surface area contributed by atoms with Gasteiger partial charge in [-0.25, -0.2) is 13.2 Å². The summed E-state index contributed by atoms with van der Waals surface area (Å²) >= 11 is 0.660. The number of anilines is 1. The molecule has 1 aromatic carbocycles. The summed E-state index contributed by atoms with van der Waals surface area (Å²) in [5, 5.41) is 18.7. The van der Waals surface area contributed by atoms with E-state index in [2.05, 4.69) is 15.5 Å². The lowest BCUT2D eigenvalue weighted by molar-refractivity contribution is -0.112. The Hall–Kier alpha value is -4.02. The first-order chi connectivity index (χ1) is 15.2. The molecule has 13 heteroatoms. The SMILES string of the molecule is COc1cc(C=C(C#N)C(=O)Nc2nnc(S(C)(=O)=O)s2)ccc1OC(=O)c1ccco1. The molecule has 2 aromatic heterocycles. The number of carbonyl (C=O) groups is 2. The Kier molecular flexibility index (Phi) is 6.67. The summed E-state index contributed by atoms with van der Waals surface area (Å²) in [6.07, 6.45) is 3.57. The monoisotopic (exact) mass is 474 g/mol. The summed E-state index contributed by atoms with van der Waals surface area (Å²) in [5.41, 5.74) is 0.115. The molecule has 0 unspecified atom stereocenters. The molecule has 3 aromatic rings. The van der Waals surface area contributed by atoms with Crippen molar-refractivity contribution >= 4 is 44.3 Å². The quantitative estimate of drug-likeness (QED) is 0.177. The second-order valence-corrected chi connectivity index (χ2v) is 9.21. The van der Waals surface area contributed by atoms with Gasteiger partial charge in [-0.05, 0) is 35.9 Å². The third kappa shape index (κ3) is 5.36. The van der Waals surface area contributed by atoms with Crippen LogP contribution in [0.3, 0.4) is 0 Å². The number of hydrogen-bond acceptors (Lipinski definition) is 11. The number of hydrogen-bond donors (Lipinski definition) is 1. The molecule has 164 valence electrons. The zero-order valence-electron chi connectivity index (χ0n) is 16.6. The predicted octanol–water partition coefficient (Wildman–Crippen LogP) is 2.31. The minimum Gasteiger partial charge on any atom is -0.493 e. The Labute approximate surface area is 185 Å². The van der Waals surface area contributed by atoms with Crippen LogP contribution in [0.5, 0.6) is 11.5 Å². The van der Waals surface area contributed by atoms with E-state index < -0.39 is 21.7 Å². The van der Waals surface area contributed by atoms with Crippen LogP contribution in [0.15, 0.2) is 50.9 Å². The second-order valence-electron chi connectivity index (χ2n) is 6.05. The number of sulfone groups is 1. The van der Waals surface area contributed by atoms with Crippen molar-refractivity contribution in [1.82, 2.24) is 10.2 Å². The van der Waals surface area contributed by atoms with Crippen LogP contribution in [0.4, 0.5) is 5.13 Å². The van der Waals surface area contributed by atoms with E-state index in [0.717, 1.165) is 6.26 Å². The third-order valence-corrected chi connectivity index (χ3v) is 6.24. The van der Waals surface area contributed by atoms with E-state index in [0.29, 0.717) is 16.9 Å². The first-order valence-electron chi connectivity index (χ1n) is 8.61. The van der Waals surface area contributed by atoms with Gasteiger partial charge in [-0.3, -0.25) is 10.1 Å². The van der Waals surface area contributed by atoms with Crippen molar-refractivity contribution in [1.29, 1.82) is 5.26 Å². The topological polar surface area (TPSA) is 161 Å². The zero-order valence-corrected chi connectivity index (χ0v) is 18.2. The largest absolute Gasteiger partial charge is 0.493 e. The highest BCUT2D eigenvalue weighted by Gasteiger charge is 2.18. The van der Waals surface area contributed by atoms with Crippen LogP contribution in [-0.2, 0) is 14.6 Å². The van der Waals surface area contributed by atoms with Crippen LogP contribution in [0, 0.1) is 11.3 Å². The lowest BCUT2D eigenvalue weighted by atomic mass is 10.1. The van der Waals surface area contributed by atoms with Gasteiger partial charge in [0, 0.05) is 6.26 Å². The van der Waals surface area contributed by atoms with Crippen LogP contribution in [0.2, 0.25) is 0 Å². The van der Waals surface area contributed by atoms with Crippen LogP contribution < -0.4 is 14.8 Å². The number of nitrogens with zero attached hydrogens (tertiary/aromatic N) is 3. The van der Waals surface area contributed by atoms with E-state index in [1.165, 1.54) is 43.7 Å². The molecule has 32 heavy (non-hydrogen) atoms. The molecule has 1 N–H and O–H groups in total. The van der Waals surface area contributed by atoms with E-state index >= 15 is 0 Å². The molecule has 0 aliphatic rings. The number of aromatic nitrogens is 2. The first-order valence-corrected chi connectivity index (χ1v) is 11.3. The van der Waals surface area contributed by atoms with Gasteiger partial charge in [0.15, 0.2) is 11.5 Å². The van der Waals surface area contributed by atoms with Gasteiger partial charge in [-0.15, -0.1) is 10.2 Å². The molecular weight excluding hydrogens is 460 g/mol. The third-order valence-electron chi connectivity index (χ3n) is 3.73. The van der Waals surface area contributed by atoms with E-state index in [-0.39, 0.29) is 32.3 Å².